The Kier molecular flexibility index (Phi) is 9.15. The molecule has 8 nitrogen and oxygen atoms in total. The van der Waals surface area contributed by atoms with Gasteiger partial charge in [0.1, 0.15) is 11.3 Å². The Hall–Kier alpha value is -3.68. The van der Waals surface area contributed by atoms with Crippen LogP contribution in [0, 0.1) is 0 Å². The number of imide groups is 1. The van der Waals surface area contributed by atoms with Crippen molar-refractivity contribution < 1.29 is 54.9 Å². The highest BCUT2D eigenvalue weighted by molar-refractivity contribution is 6.07. The molecule has 2 aromatic carbocycles. The van der Waals surface area contributed by atoms with Gasteiger partial charge >= 0.3 is 18.4 Å². The van der Waals surface area contributed by atoms with E-state index in [1.807, 2.05) is 0 Å². The average Bonchev–Trinajstić information content (AvgIpc) is 3.69. The number of unbranched alkanes of at least 4 members (excludes halogenated alkanes) is 1. The van der Waals surface area contributed by atoms with E-state index in [2.05, 4.69) is 10.1 Å². The minimum atomic E-state index is -5.72. The molecule has 0 saturated carbocycles. The lowest BCUT2D eigenvalue weighted by Crippen LogP contribution is -2.53. The first kappa shape index (κ1) is 33.7. The highest BCUT2D eigenvalue weighted by atomic mass is 19.4. The van der Waals surface area contributed by atoms with Crippen molar-refractivity contribution in [2.24, 2.45) is 0 Å². The number of hydrogen-bond acceptors (Lipinski definition) is 6. The lowest BCUT2D eigenvalue weighted by atomic mass is 9.84. The van der Waals surface area contributed by atoms with Crippen LogP contribution in [0.3, 0.4) is 0 Å². The van der Waals surface area contributed by atoms with Gasteiger partial charge in [-0.25, -0.2) is 4.79 Å². The van der Waals surface area contributed by atoms with Crippen LogP contribution in [-0.4, -0.2) is 49.1 Å². The molecule has 46 heavy (non-hydrogen) atoms. The highest BCUT2D eigenvalue weighted by Gasteiger charge is 2.76. The quantitative estimate of drug-likeness (QED) is 0.148. The number of benzene rings is 2. The van der Waals surface area contributed by atoms with Gasteiger partial charge in [0.2, 0.25) is 6.79 Å². The first-order chi connectivity index (χ1) is 21.8. The van der Waals surface area contributed by atoms with Crippen molar-refractivity contribution in [2.75, 3.05) is 19.9 Å². The number of halogens is 6. The van der Waals surface area contributed by atoms with Crippen LogP contribution in [0.5, 0.6) is 17.2 Å². The van der Waals surface area contributed by atoms with Crippen molar-refractivity contribution in [2.45, 2.75) is 95.8 Å². The molecular weight excluding hydrogens is 622 g/mol. The van der Waals surface area contributed by atoms with Crippen LogP contribution >= 0.6 is 0 Å². The van der Waals surface area contributed by atoms with Crippen LogP contribution in [0.2, 0.25) is 0 Å². The minimum Gasteiger partial charge on any atom is -0.493 e. The molecule has 0 aromatic heterocycles. The van der Waals surface area contributed by atoms with Crippen molar-refractivity contribution in [1.29, 1.82) is 0 Å². The molecule has 0 bridgehead atoms. The third-order valence-electron chi connectivity index (χ3n) is 8.80. The summed E-state index contributed by atoms with van der Waals surface area (Å²) >= 11 is 0. The molecular formula is C32H36F6N2O6. The maximum absolute atomic E-state index is 14.1. The number of ether oxygens (including phenoxy) is 4. The Balaban J connectivity index is 1.31. The summed E-state index contributed by atoms with van der Waals surface area (Å²) in [6, 6.07) is 5.47. The lowest BCUT2D eigenvalue weighted by molar-refractivity contribution is -0.385. The van der Waals surface area contributed by atoms with Crippen molar-refractivity contribution >= 4 is 11.9 Å². The van der Waals surface area contributed by atoms with Crippen LogP contribution in [0.4, 0.5) is 31.1 Å². The zero-order valence-corrected chi connectivity index (χ0v) is 25.8. The van der Waals surface area contributed by atoms with Gasteiger partial charge in [-0.05, 0) is 67.0 Å². The molecule has 252 valence electrons. The molecule has 0 radical (unpaired) electrons. The molecule has 3 aliphatic rings. The standard InChI is InChI=1S/C32H36F6N2O6/c1-4-9-19-15-23-22(17-46-30(23,31(33,34)35)32(36,37)38)21(10-5-2)26(19)43-14-8-7-13-40-27(41)29(6-3,39-28(40)42)20-11-12-24-25(16-20)45-18-44-24/h11-12,15-16H,4-10,13-14,17-18H2,1-3H3,(H,39,42). The summed E-state index contributed by atoms with van der Waals surface area (Å²) in [6.07, 6.45) is -9.11. The van der Waals surface area contributed by atoms with Crippen LogP contribution in [0.25, 0.3) is 0 Å². The van der Waals surface area contributed by atoms with E-state index in [1.165, 1.54) is 0 Å². The molecule has 3 amide bonds. The fraction of sp³-hybridized carbons (Fsp3) is 0.562. The van der Waals surface area contributed by atoms with Gasteiger partial charge in [-0.3, -0.25) is 9.69 Å². The summed E-state index contributed by atoms with van der Waals surface area (Å²) in [5.41, 5.74) is -5.65. The number of fused-ring (bicyclic) bond motifs is 2. The Morgan fingerprint density at radius 3 is 2.28 bits per heavy atom. The summed E-state index contributed by atoms with van der Waals surface area (Å²) in [4.78, 5) is 27.6. The number of amides is 3. The topological polar surface area (TPSA) is 86.3 Å². The molecule has 1 atom stereocenters. The van der Waals surface area contributed by atoms with Crippen LogP contribution in [0.1, 0.15) is 80.7 Å². The molecule has 1 N–H and O–H groups in total. The van der Waals surface area contributed by atoms with Gasteiger partial charge in [-0.1, -0.05) is 39.7 Å². The van der Waals surface area contributed by atoms with E-state index in [9.17, 15) is 35.9 Å². The fourth-order valence-electron chi connectivity index (χ4n) is 6.51. The minimum absolute atomic E-state index is 0.0629. The van der Waals surface area contributed by atoms with Crippen molar-refractivity contribution in [3.63, 3.8) is 0 Å². The molecule has 0 aliphatic carbocycles. The number of rotatable bonds is 12. The summed E-state index contributed by atoms with van der Waals surface area (Å²) in [7, 11) is 0. The summed E-state index contributed by atoms with van der Waals surface area (Å²) in [6.45, 7) is 4.71. The summed E-state index contributed by atoms with van der Waals surface area (Å²) in [5, 5.41) is 2.82. The molecule has 1 unspecified atom stereocenters. The zero-order chi connectivity index (χ0) is 33.5. The molecule has 14 heteroatoms. The number of hydrogen-bond donors (Lipinski definition) is 1. The van der Waals surface area contributed by atoms with Crippen molar-refractivity contribution in [3.05, 3.63) is 52.1 Å². The van der Waals surface area contributed by atoms with Crippen LogP contribution < -0.4 is 19.5 Å². The number of nitrogens with zero attached hydrogens (tertiary/aromatic N) is 1. The second kappa shape index (κ2) is 12.5. The van der Waals surface area contributed by atoms with Crippen LogP contribution in [-0.2, 0) is 40.1 Å². The van der Waals surface area contributed by atoms with E-state index in [4.69, 9.17) is 14.2 Å². The Morgan fingerprint density at radius 2 is 1.63 bits per heavy atom. The molecule has 5 rings (SSSR count). The van der Waals surface area contributed by atoms with Crippen LogP contribution in [0.15, 0.2) is 24.3 Å². The van der Waals surface area contributed by atoms with E-state index in [0.717, 1.165) is 11.0 Å². The largest absolute Gasteiger partial charge is 0.493 e. The number of carbonyl (C=O) groups excluding carboxylic acids is 2. The van der Waals surface area contributed by atoms with Gasteiger partial charge < -0.3 is 24.3 Å². The second-order valence-electron chi connectivity index (χ2n) is 11.6. The van der Waals surface area contributed by atoms with Crippen molar-refractivity contribution in [1.82, 2.24) is 10.2 Å². The second-order valence-corrected chi connectivity index (χ2v) is 11.6. The molecule has 3 aliphatic heterocycles. The normalized spacial score (nSPS) is 20.3. The van der Waals surface area contributed by atoms with Gasteiger partial charge in [0, 0.05) is 17.7 Å². The number of alkyl halides is 6. The molecule has 2 aromatic rings. The van der Waals surface area contributed by atoms with Gasteiger partial charge in [0.25, 0.3) is 11.5 Å². The average molecular weight is 659 g/mol. The number of carbonyl (C=O) groups is 2. The van der Waals surface area contributed by atoms with E-state index >= 15 is 0 Å². The van der Waals surface area contributed by atoms with Gasteiger partial charge in [-0.15, -0.1) is 0 Å². The Bertz CT molecular complexity index is 1480. The molecule has 1 fully saturated rings. The third-order valence-corrected chi connectivity index (χ3v) is 8.80. The summed E-state index contributed by atoms with van der Waals surface area (Å²) in [5.74, 6) is 0.887. The van der Waals surface area contributed by atoms with Gasteiger partial charge in [-0.2, -0.15) is 26.3 Å². The van der Waals surface area contributed by atoms with E-state index in [-0.39, 0.29) is 55.2 Å². The highest BCUT2D eigenvalue weighted by Crippen LogP contribution is 2.58. The predicted molar refractivity (Wildman–Crippen MR) is 153 cm³/mol. The zero-order valence-electron chi connectivity index (χ0n) is 25.8. The molecule has 3 heterocycles. The Labute approximate surface area is 262 Å². The number of nitrogens with one attached hydrogen (secondary N) is 1. The predicted octanol–water partition coefficient (Wildman–Crippen LogP) is 7.19. The number of urea groups is 1. The van der Waals surface area contributed by atoms with Crippen molar-refractivity contribution in [3.8, 4) is 17.2 Å². The van der Waals surface area contributed by atoms with Gasteiger partial charge in [0.15, 0.2) is 11.5 Å². The Morgan fingerprint density at radius 1 is 0.935 bits per heavy atom. The first-order valence-electron chi connectivity index (χ1n) is 15.4. The van der Waals surface area contributed by atoms with E-state index in [1.54, 1.807) is 39.0 Å². The SMILES string of the molecule is CCCc1cc2c(c(CCC)c1OCCCCN1C(=O)NC(CC)(c3ccc4c(c3)OCO4)C1=O)COC2(C(F)(F)F)C(F)(F)F. The first-order valence-corrected chi connectivity index (χ1v) is 15.4. The smallest absolute Gasteiger partial charge is 0.430 e. The monoisotopic (exact) mass is 658 g/mol. The fourth-order valence-corrected chi connectivity index (χ4v) is 6.51. The maximum atomic E-state index is 14.1. The molecule has 0 spiro atoms. The third kappa shape index (κ3) is 5.41. The van der Waals surface area contributed by atoms with E-state index < -0.39 is 47.6 Å². The van der Waals surface area contributed by atoms with E-state index in [0.29, 0.717) is 49.2 Å². The molecule has 1 saturated heterocycles. The lowest BCUT2D eigenvalue weighted by Gasteiger charge is -2.34. The van der Waals surface area contributed by atoms with Gasteiger partial charge in [0.05, 0.1) is 13.2 Å². The summed E-state index contributed by atoms with van der Waals surface area (Å²) < 4.78 is 106. The maximum Gasteiger partial charge on any atom is 0.430 e. The number of aryl methyl sites for hydroxylation is 1.